The van der Waals surface area contributed by atoms with E-state index in [2.05, 4.69) is 4.98 Å². The van der Waals surface area contributed by atoms with E-state index in [0.717, 1.165) is 5.56 Å². The van der Waals surface area contributed by atoms with Crippen molar-refractivity contribution in [3.05, 3.63) is 27.3 Å². The number of hydrogen-bond donors (Lipinski definition) is 0. The second-order valence-electron chi connectivity index (χ2n) is 1.79. The first-order chi connectivity index (χ1) is 4.20. The summed E-state index contributed by atoms with van der Waals surface area (Å²) in [4.78, 5) is 3.50. The molecule has 0 aliphatic heterocycles. The van der Waals surface area contributed by atoms with E-state index >= 15 is 0 Å². The standard InChI is InChI=1S/C6H5FIN.Li.H/c1-4-2-5(8)6(7)9-3-4;;/h2-3H,1H3;;/q;+1;-1. The third-order valence-corrected chi connectivity index (χ3v) is 1.69. The maximum absolute atomic E-state index is 12.4. The molecule has 1 heterocycles. The van der Waals surface area contributed by atoms with Crippen molar-refractivity contribution in [1.29, 1.82) is 0 Å². The SMILES string of the molecule is Cc1cnc(F)c(I)c1.[H-].[Li+]. The van der Waals surface area contributed by atoms with Gasteiger partial charge in [0.2, 0.25) is 5.95 Å². The van der Waals surface area contributed by atoms with Crippen LogP contribution >= 0.6 is 22.6 Å². The molecule has 1 aromatic heterocycles. The quantitative estimate of drug-likeness (QED) is 0.333. The summed E-state index contributed by atoms with van der Waals surface area (Å²) >= 11 is 1.91. The van der Waals surface area contributed by atoms with E-state index in [1.165, 1.54) is 6.20 Å². The zero-order valence-electron chi connectivity index (χ0n) is 6.86. The van der Waals surface area contributed by atoms with E-state index in [-0.39, 0.29) is 26.2 Å². The molecule has 0 aliphatic rings. The van der Waals surface area contributed by atoms with E-state index < -0.39 is 0 Å². The van der Waals surface area contributed by atoms with Gasteiger partial charge in [0.1, 0.15) is 0 Å². The summed E-state index contributed by atoms with van der Waals surface area (Å²) in [5.74, 6) is -0.388. The van der Waals surface area contributed by atoms with Gasteiger partial charge in [-0.2, -0.15) is 4.39 Å². The molecule has 10 heavy (non-hydrogen) atoms. The van der Waals surface area contributed by atoms with Crippen LogP contribution < -0.4 is 18.9 Å². The molecule has 0 atom stereocenters. The van der Waals surface area contributed by atoms with Crippen LogP contribution in [0.25, 0.3) is 0 Å². The van der Waals surface area contributed by atoms with Crippen LogP contribution in [0.5, 0.6) is 0 Å². The number of nitrogens with zero attached hydrogens (tertiary/aromatic N) is 1. The monoisotopic (exact) mass is 245 g/mol. The minimum atomic E-state index is -0.388. The van der Waals surface area contributed by atoms with Crippen molar-refractivity contribution < 1.29 is 24.7 Å². The Morgan fingerprint density at radius 3 is 2.70 bits per heavy atom. The van der Waals surface area contributed by atoms with E-state index in [1.54, 1.807) is 6.07 Å². The van der Waals surface area contributed by atoms with E-state index in [4.69, 9.17) is 0 Å². The van der Waals surface area contributed by atoms with Crippen LogP contribution in [-0.2, 0) is 0 Å². The molecule has 0 N–H and O–H groups in total. The number of rotatable bonds is 0. The van der Waals surface area contributed by atoms with Crippen LogP contribution in [0.2, 0.25) is 0 Å². The predicted molar refractivity (Wildman–Crippen MR) is 42.8 cm³/mol. The molecule has 0 amide bonds. The summed E-state index contributed by atoms with van der Waals surface area (Å²) in [6, 6.07) is 1.75. The molecule has 50 valence electrons. The Morgan fingerprint density at radius 2 is 2.30 bits per heavy atom. The largest absolute Gasteiger partial charge is 1.00 e. The molecule has 0 bridgehead atoms. The average molecular weight is 245 g/mol. The third-order valence-electron chi connectivity index (χ3n) is 0.933. The summed E-state index contributed by atoms with van der Waals surface area (Å²) in [7, 11) is 0. The summed E-state index contributed by atoms with van der Waals surface area (Å²) in [5.41, 5.74) is 0.987. The Hall–Kier alpha value is 0.407. The first-order valence-electron chi connectivity index (χ1n) is 2.48. The number of hydrogen-bond acceptors (Lipinski definition) is 1. The summed E-state index contributed by atoms with van der Waals surface area (Å²) in [6.07, 6.45) is 1.51. The molecule has 0 saturated heterocycles. The van der Waals surface area contributed by atoms with Gasteiger partial charge in [-0.05, 0) is 41.1 Å². The molecular weight excluding hydrogens is 239 g/mol. The normalized spacial score (nSPS) is 8.70. The molecule has 1 nitrogen and oxygen atoms in total. The minimum Gasteiger partial charge on any atom is -1.00 e. The molecule has 0 unspecified atom stereocenters. The Balaban J connectivity index is 0. The van der Waals surface area contributed by atoms with Gasteiger partial charge < -0.3 is 1.43 Å². The third kappa shape index (κ3) is 2.57. The number of aryl methyl sites for hydroxylation is 1. The predicted octanol–water partition coefficient (Wildman–Crippen LogP) is -0.750. The van der Waals surface area contributed by atoms with Crippen molar-refractivity contribution >= 4 is 22.6 Å². The Kier molecular flexibility index (Phi) is 4.50. The van der Waals surface area contributed by atoms with Crippen molar-refractivity contribution in [3.63, 3.8) is 0 Å². The van der Waals surface area contributed by atoms with Gasteiger partial charge in [-0.3, -0.25) is 0 Å². The smallest absolute Gasteiger partial charge is 1.00 e. The van der Waals surface area contributed by atoms with Gasteiger partial charge >= 0.3 is 18.9 Å². The van der Waals surface area contributed by atoms with Gasteiger partial charge in [0.25, 0.3) is 0 Å². The van der Waals surface area contributed by atoms with Gasteiger partial charge in [0.15, 0.2) is 0 Å². The first kappa shape index (κ1) is 10.4. The molecular formula is C6H6FILiN. The van der Waals surface area contributed by atoms with Crippen LogP contribution in [0.1, 0.15) is 6.99 Å². The number of halogens is 2. The zero-order chi connectivity index (χ0) is 6.85. The minimum absolute atomic E-state index is 0. The van der Waals surface area contributed by atoms with Gasteiger partial charge in [0.05, 0.1) is 3.57 Å². The molecule has 0 radical (unpaired) electrons. The summed E-state index contributed by atoms with van der Waals surface area (Å²) < 4.78 is 13.0. The van der Waals surface area contributed by atoms with Gasteiger partial charge in [-0.1, -0.05) is 0 Å². The average Bonchev–Trinajstić information content (AvgIpc) is 1.80. The van der Waals surface area contributed by atoms with Gasteiger partial charge in [-0.15, -0.1) is 0 Å². The van der Waals surface area contributed by atoms with E-state index in [9.17, 15) is 4.39 Å². The summed E-state index contributed by atoms with van der Waals surface area (Å²) in [5, 5.41) is 0. The van der Waals surface area contributed by atoms with Crippen molar-refractivity contribution in [2.75, 3.05) is 0 Å². The van der Waals surface area contributed by atoms with Crippen LogP contribution in [0.3, 0.4) is 0 Å². The van der Waals surface area contributed by atoms with Crippen molar-refractivity contribution in [1.82, 2.24) is 4.98 Å². The van der Waals surface area contributed by atoms with E-state index in [1.807, 2.05) is 29.5 Å². The molecule has 0 fully saturated rings. The van der Waals surface area contributed by atoms with Gasteiger partial charge in [0, 0.05) is 6.20 Å². The molecule has 1 rings (SSSR count). The molecule has 0 aromatic carbocycles. The fourth-order valence-corrected chi connectivity index (χ4v) is 1.15. The van der Waals surface area contributed by atoms with Crippen LogP contribution in [-0.4, -0.2) is 4.98 Å². The summed E-state index contributed by atoms with van der Waals surface area (Å²) in [6.45, 7) is 1.88. The van der Waals surface area contributed by atoms with E-state index in [0.29, 0.717) is 3.57 Å². The maximum Gasteiger partial charge on any atom is 1.00 e. The second kappa shape index (κ2) is 4.32. The van der Waals surface area contributed by atoms with Crippen LogP contribution in [0, 0.1) is 16.4 Å². The number of aromatic nitrogens is 1. The Labute approximate surface area is 86.2 Å². The topological polar surface area (TPSA) is 12.9 Å². The van der Waals surface area contributed by atoms with Crippen molar-refractivity contribution in [2.45, 2.75) is 6.92 Å². The zero-order valence-corrected chi connectivity index (χ0v) is 8.02. The Morgan fingerprint density at radius 1 is 1.70 bits per heavy atom. The van der Waals surface area contributed by atoms with Crippen molar-refractivity contribution in [2.24, 2.45) is 0 Å². The Bertz CT molecular complexity index is 234. The maximum atomic E-state index is 12.4. The molecule has 0 spiro atoms. The number of pyridine rings is 1. The first-order valence-corrected chi connectivity index (χ1v) is 3.55. The fourth-order valence-electron chi connectivity index (χ4n) is 0.517. The molecule has 0 aliphatic carbocycles. The molecule has 0 saturated carbocycles. The van der Waals surface area contributed by atoms with Crippen LogP contribution in [0.4, 0.5) is 4.39 Å². The molecule has 4 heteroatoms. The second-order valence-corrected chi connectivity index (χ2v) is 2.95. The molecule has 1 aromatic rings. The van der Waals surface area contributed by atoms with Gasteiger partial charge in [-0.25, -0.2) is 4.98 Å². The van der Waals surface area contributed by atoms with Crippen LogP contribution in [0.15, 0.2) is 12.3 Å². The fraction of sp³-hybridized carbons (Fsp3) is 0.167. The van der Waals surface area contributed by atoms with Crippen molar-refractivity contribution in [3.8, 4) is 0 Å².